The SMILES string of the molecule is Cc1ccc(C2CN(C)CC23CCNCC3)c(C)c1. The number of rotatable bonds is 1. The highest BCUT2D eigenvalue weighted by Crippen LogP contribution is 2.49. The van der Waals surface area contributed by atoms with Crippen molar-refractivity contribution in [1.82, 2.24) is 10.2 Å². The van der Waals surface area contributed by atoms with Gasteiger partial charge in [0.1, 0.15) is 0 Å². The first-order valence-corrected chi connectivity index (χ1v) is 7.57. The van der Waals surface area contributed by atoms with E-state index in [1.807, 2.05) is 0 Å². The number of hydrogen-bond donors (Lipinski definition) is 1. The van der Waals surface area contributed by atoms with Gasteiger partial charge in [-0.15, -0.1) is 0 Å². The standard InChI is InChI=1S/C17H26N2/c1-13-4-5-15(14(2)10-13)16-11-19(3)12-17(16)6-8-18-9-7-17/h4-5,10,16,18H,6-9,11-12H2,1-3H3. The molecule has 3 rings (SSSR count). The number of likely N-dealkylation sites (tertiary alicyclic amines) is 1. The molecule has 1 aromatic rings. The molecule has 0 aliphatic carbocycles. The Balaban J connectivity index is 1.97. The minimum Gasteiger partial charge on any atom is -0.317 e. The first-order chi connectivity index (χ1) is 9.11. The Morgan fingerprint density at radius 2 is 1.95 bits per heavy atom. The normalized spacial score (nSPS) is 27.0. The van der Waals surface area contributed by atoms with E-state index in [2.05, 4.69) is 49.3 Å². The molecule has 2 saturated heterocycles. The van der Waals surface area contributed by atoms with E-state index in [0.29, 0.717) is 5.41 Å². The zero-order valence-electron chi connectivity index (χ0n) is 12.5. The number of nitrogens with one attached hydrogen (secondary N) is 1. The van der Waals surface area contributed by atoms with Gasteiger partial charge >= 0.3 is 0 Å². The van der Waals surface area contributed by atoms with Crippen LogP contribution in [0.25, 0.3) is 0 Å². The molecule has 0 aromatic heterocycles. The summed E-state index contributed by atoms with van der Waals surface area (Å²) in [4.78, 5) is 2.54. The maximum absolute atomic E-state index is 3.53. The van der Waals surface area contributed by atoms with Crippen molar-refractivity contribution in [3.63, 3.8) is 0 Å². The fourth-order valence-corrected chi connectivity index (χ4v) is 4.29. The summed E-state index contributed by atoms with van der Waals surface area (Å²) < 4.78 is 0. The molecule has 19 heavy (non-hydrogen) atoms. The molecular weight excluding hydrogens is 232 g/mol. The number of likely N-dealkylation sites (N-methyl/N-ethyl adjacent to an activating group) is 1. The van der Waals surface area contributed by atoms with Gasteiger partial charge in [-0.3, -0.25) is 0 Å². The third kappa shape index (κ3) is 2.32. The minimum atomic E-state index is 0.514. The lowest BCUT2D eigenvalue weighted by molar-refractivity contribution is 0.187. The van der Waals surface area contributed by atoms with Crippen LogP contribution in [0.3, 0.4) is 0 Å². The highest BCUT2D eigenvalue weighted by Gasteiger charge is 2.46. The van der Waals surface area contributed by atoms with Crippen LogP contribution in [0, 0.1) is 19.3 Å². The second kappa shape index (κ2) is 4.92. The Hall–Kier alpha value is -0.860. The van der Waals surface area contributed by atoms with Gasteiger partial charge in [0, 0.05) is 19.0 Å². The minimum absolute atomic E-state index is 0.514. The van der Waals surface area contributed by atoms with Crippen molar-refractivity contribution in [3.05, 3.63) is 34.9 Å². The van der Waals surface area contributed by atoms with Crippen LogP contribution in [-0.4, -0.2) is 38.1 Å². The Kier molecular flexibility index (Phi) is 3.40. The highest BCUT2D eigenvalue weighted by atomic mass is 15.1. The summed E-state index contributed by atoms with van der Waals surface area (Å²) in [6.45, 7) is 9.36. The van der Waals surface area contributed by atoms with Crippen LogP contribution in [-0.2, 0) is 0 Å². The van der Waals surface area contributed by atoms with Gasteiger partial charge < -0.3 is 10.2 Å². The number of hydrogen-bond acceptors (Lipinski definition) is 2. The first kappa shape index (κ1) is 13.1. The van der Waals surface area contributed by atoms with Gasteiger partial charge in [-0.25, -0.2) is 0 Å². The van der Waals surface area contributed by atoms with Crippen molar-refractivity contribution < 1.29 is 0 Å². The van der Waals surface area contributed by atoms with E-state index in [9.17, 15) is 0 Å². The lowest BCUT2D eigenvalue weighted by Crippen LogP contribution is -2.41. The van der Waals surface area contributed by atoms with Crippen LogP contribution in [0.5, 0.6) is 0 Å². The highest BCUT2D eigenvalue weighted by molar-refractivity contribution is 5.36. The van der Waals surface area contributed by atoms with Crippen LogP contribution in [0.15, 0.2) is 18.2 Å². The predicted octanol–water partition coefficient (Wildman–Crippen LogP) is 2.70. The van der Waals surface area contributed by atoms with Crippen molar-refractivity contribution in [2.45, 2.75) is 32.6 Å². The molecule has 1 N–H and O–H groups in total. The third-order valence-electron chi connectivity index (χ3n) is 5.22. The van der Waals surface area contributed by atoms with E-state index in [1.54, 1.807) is 5.56 Å². The fourth-order valence-electron chi connectivity index (χ4n) is 4.29. The van der Waals surface area contributed by atoms with Crippen molar-refractivity contribution in [2.24, 2.45) is 5.41 Å². The number of piperidine rings is 1. The second-order valence-electron chi connectivity index (χ2n) is 6.72. The van der Waals surface area contributed by atoms with Crippen molar-refractivity contribution in [1.29, 1.82) is 0 Å². The lowest BCUT2D eigenvalue weighted by atomic mass is 9.68. The molecule has 2 nitrogen and oxygen atoms in total. The van der Waals surface area contributed by atoms with Crippen molar-refractivity contribution >= 4 is 0 Å². The molecular formula is C17H26N2. The Bertz CT molecular complexity index is 460. The van der Waals surface area contributed by atoms with Crippen molar-refractivity contribution in [3.8, 4) is 0 Å². The van der Waals surface area contributed by atoms with Crippen LogP contribution >= 0.6 is 0 Å². The average Bonchev–Trinajstić information content (AvgIpc) is 2.67. The van der Waals surface area contributed by atoms with Crippen LogP contribution < -0.4 is 5.32 Å². The van der Waals surface area contributed by atoms with Gasteiger partial charge in [-0.1, -0.05) is 23.8 Å². The maximum Gasteiger partial charge on any atom is 0.00534 e. The summed E-state index contributed by atoms with van der Waals surface area (Å²) >= 11 is 0. The summed E-state index contributed by atoms with van der Waals surface area (Å²) in [5, 5.41) is 3.53. The van der Waals surface area contributed by atoms with Crippen LogP contribution in [0.1, 0.15) is 35.4 Å². The van der Waals surface area contributed by atoms with Crippen LogP contribution in [0.2, 0.25) is 0 Å². The zero-order chi connectivity index (χ0) is 13.5. The molecule has 2 aliphatic rings. The fraction of sp³-hybridized carbons (Fsp3) is 0.647. The number of benzene rings is 1. The predicted molar refractivity (Wildman–Crippen MR) is 80.7 cm³/mol. The third-order valence-corrected chi connectivity index (χ3v) is 5.22. The van der Waals surface area contributed by atoms with E-state index in [-0.39, 0.29) is 0 Å². The van der Waals surface area contributed by atoms with Gasteiger partial charge in [0.15, 0.2) is 0 Å². The van der Waals surface area contributed by atoms with E-state index in [0.717, 1.165) is 5.92 Å². The molecule has 0 saturated carbocycles. The molecule has 104 valence electrons. The molecule has 0 radical (unpaired) electrons. The van der Waals surface area contributed by atoms with Crippen molar-refractivity contribution in [2.75, 3.05) is 33.2 Å². The second-order valence-corrected chi connectivity index (χ2v) is 6.72. The van der Waals surface area contributed by atoms with Gasteiger partial charge in [0.05, 0.1) is 0 Å². The molecule has 2 heteroatoms. The molecule has 1 atom stereocenters. The largest absolute Gasteiger partial charge is 0.317 e. The van der Waals surface area contributed by atoms with Gasteiger partial charge in [0.25, 0.3) is 0 Å². The molecule has 2 heterocycles. The Labute approximate surface area is 117 Å². The summed E-state index contributed by atoms with van der Waals surface area (Å²) in [5.41, 5.74) is 4.97. The molecule has 0 bridgehead atoms. The summed E-state index contributed by atoms with van der Waals surface area (Å²) in [6.07, 6.45) is 2.66. The Morgan fingerprint density at radius 1 is 1.21 bits per heavy atom. The van der Waals surface area contributed by atoms with Crippen LogP contribution in [0.4, 0.5) is 0 Å². The van der Waals surface area contributed by atoms with E-state index in [1.165, 1.54) is 50.1 Å². The zero-order valence-corrected chi connectivity index (χ0v) is 12.5. The van der Waals surface area contributed by atoms with Gasteiger partial charge in [-0.05, 0) is 63.4 Å². The molecule has 0 amide bonds. The summed E-state index contributed by atoms with van der Waals surface area (Å²) in [5.74, 6) is 0.722. The quantitative estimate of drug-likeness (QED) is 0.833. The molecule has 1 aromatic carbocycles. The number of aryl methyl sites for hydroxylation is 2. The lowest BCUT2D eigenvalue weighted by Gasteiger charge is -2.39. The summed E-state index contributed by atoms with van der Waals surface area (Å²) in [6, 6.07) is 7.02. The molecule has 1 spiro atoms. The van der Waals surface area contributed by atoms with E-state index < -0.39 is 0 Å². The van der Waals surface area contributed by atoms with Gasteiger partial charge in [-0.2, -0.15) is 0 Å². The first-order valence-electron chi connectivity index (χ1n) is 7.57. The molecule has 2 aliphatic heterocycles. The topological polar surface area (TPSA) is 15.3 Å². The maximum atomic E-state index is 3.53. The Morgan fingerprint density at radius 3 is 2.63 bits per heavy atom. The average molecular weight is 258 g/mol. The number of nitrogens with zero attached hydrogens (tertiary/aromatic N) is 1. The smallest absolute Gasteiger partial charge is 0.00534 e. The van der Waals surface area contributed by atoms with E-state index >= 15 is 0 Å². The van der Waals surface area contributed by atoms with Gasteiger partial charge in [0.2, 0.25) is 0 Å². The summed E-state index contributed by atoms with van der Waals surface area (Å²) in [7, 11) is 2.29. The molecule has 1 unspecified atom stereocenters. The monoisotopic (exact) mass is 258 g/mol. The molecule has 2 fully saturated rings. The van der Waals surface area contributed by atoms with E-state index in [4.69, 9.17) is 0 Å².